The molecule has 0 aromatic heterocycles. The number of nitrogens with one attached hydrogen (secondary N) is 2. The minimum atomic E-state index is -1.09. The number of carboxylic acids is 1. The smallest absolute Gasteiger partial charge is 0.326 e. The quantitative estimate of drug-likeness (QED) is 0.678. The van der Waals surface area contributed by atoms with Gasteiger partial charge in [-0.3, -0.25) is 9.59 Å². The van der Waals surface area contributed by atoms with E-state index in [0.717, 1.165) is 0 Å². The zero-order valence-electron chi connectivity index (χ0n) is 14.6. The van der Waals surface area contributed by atoms with Crippen LogP contribution in [0, 0.1) is 11.8 Å². The monoisotopic (exact) mass is 334 g/mol. The Bertz CT molecular complexity index is 570. The van der Waals surface area contributed by atoms with Crippen LogP contribution in [0.1, 0.15) is 44.5 Å². The zero-order chi connectivity index (χ0) is 18.3. The number of hydrogen-bond donors (Lipinski definition) is 3. The van der Waals surface area contributed by atoms with E-state index in [-0.39, 0.29) is 17.7 Å². The van der Waals surface area contributed by atoms with Crippen LogP contribution in [0.4, 0.5) is 0 Å². The number of aliphatic carboxylic acids is 1. The molecular weight excluding hydrogens is 308 g/mol. The van der Waals surface area contributed by atoms with Gasteiger partial charge in [0.1, 0.15) is 12.1 Å². The number of amides is 2. The first-order chi connectivity index (χ1) is 11.2. The van der Waals surface area contributed by atoms with Crippen LogP contribution in [0.2, 0.25) is 0 Å². The second-order valence-electron chi connectivity index (χ2n) is 6.59. The van der Waals surface area contributed by atoms with E-state index in [1.807, 2.05) is 13.8 Å². The van der Waals surface area contributed by atoms with Crippen molar-refractivity contribution in [2.24, 2.45) is 11.8 Å². The topological polar surface area (TPSA) is 95.5 Å². The molecule has 24 heavy (non-hydrogen) atoms. The molecule has 0 heterocycles. The van der Waals surface area contributed by atoms with Crippen LogP contribution in [-0.4, -0.2) is 35.0 Å². The Labute approximate surface area is 142 Å². The summed E-state index contributed by atoms with van der Waals surface area (Å²) in [6.45, 7) is 7.32. The largest absolute Gasteiger partial charge is 0.480 e. The Morgan fingerprint density at radius 3 is 2.04 bits per heavy atom. The molecule has 6 nitrogen and oxygen atoms in total. The molecule has 2 atom stereocenters. The Morgan fingerprint density at radius 1 is 1.00 bits per heavy atom. The molecule has 0 bridgehead atoms. The first-order valence-corrected chi connectivity index (χ1v) is 8.11. The fourth-order valence-electron chi connectivity index (χ4n) is 2.30. The summed E-state index contributed by atoms with van der Waals surface area (Å²) < 4.78 is 0. The number of hydrogen-bond acceptors (Lipinski definition) is 3. The van der Waals surface area contributed by atoms with Crippen molar-refractivity contribution < 1.29 is 19.5 Å². The Hall–Kier alpha value is -2.37. The summed E-state index contributed by atoms with van der Waals surface area (Å²) in [7, 11) is 0. The van der Waals surface area contributed by atoms with E-state index in [2.05, 4.69) is 10.6 Å². The summed E-state index contributed by atoms with van der Waals surface area (Å²) in [6, 6.07) is 6.84. The van der Waals surface area contributed by atoms with Gasteiger partial charge in [-0.2, -0.15) is 0 Å². The van der Waals surface area contributed by atoms with Gasteiger partial charge in [-0.15, -0.1) is 0 Å². The van der Waals surface area contributed by atoms with E-state index in [9.17, 15) is 19.5 Å². The average molecular weight is 334 g/mol. The SMILES string of the molecule is CC(C)CC(NC(=O)c1ccccc1)C(=O)NC(C(=O)O)C(C)C. The van der Waals surface area contributed by atoms with E-state index in [1.54, 1.807) is 44.2 Å². The highest BCUT2D eigenvalue weighted by molar-refractivity contribution is 5.98. The molecule has 0 aliphatic carbocycles. The van der Waals surface area contributed by atoms with Crippen molar-refractivity contribution in [3.63, 3.8) is 0 Å². The minimum Gasteiger partial charge on any atom is -0.480 e. The van der Waals surface area contributed by atoms with Crippen LogP contribution in [0.25, 0.3) is 0 Å². The van der Waals surface area contributed by atoms with Crippen molar-refractivity contribution in [1.29, 1.82) is 0 Å². The third-order valence-corrected chi connectivity index (χ3v) is 3.60. The summed E-state index contributed by atoms with van der Waals surface area (Å²) in [5, 5.41) is 14.4. The summed E-state index contributed by atoms with van der Waals surface area (Å²) in [6.07, 6.45) is 0.425. The lowest BCUT2D eigenvalue weighted by Gasteiger charge is -2.24. The van der Waals surface area contributed by atoms with Crippen LogP contribution in [0.5, 0.6) is 0 Å². The van der Waals surface area contributed by atoms with Crippen LogP contribution >= 0.6 is 0 Å². The van der Waals surface area contributed by atoms with Gasteiger partial charge in [0.2, 0.25) is 5.91 Å². The maximum atomic E-state index is 12.5. The second-order valence-corrected chi connectivity index (χ2v) is 6.59. The summed E-state index contributed by atoms with van der Waals surface area (Å²) in [4.78, 5) is 36.0. The van der Waals surface area contributed by atoms with Crippen molar-refractivity contribution in [2.45, 2.75) is 46.2 Å². The number of carbonyl (C=O) groups is 3. The van der Waals surface area contributed by atoms with Gasteiger partial charge >= 0.3 is 5.97 Å². The predicted octanol–water partition coefficient (Wildman–Crippen LogP) is 2.06. The number of rotatable bonds is 8. The van der Waals surface area contributed by atoms with E-state index < -0.39 is 24.0 Å². The van der Waals surface area contributed by atoms with Crippen LogP contribution in [0.3, 0.4) is 0 Å². The molecule has 0 radical (unpaired) electrons. The third-order valence-electron chi connectivity index (χ3n) is 3.60. The summed E-state index contributed by atoms with van der Waals surface area (Å²) in [5.74, 6) is -2.01. The maximum absolute atomic E-state index is 12.5. The highest BCUT2D eigenvalue weighted by atomic mass is 16.4. The molecule has 0 fully saturated rings. The van der Waals surface area contributed by atoms with Gasteiger partial charge < -0.3 is 15.7 Å². The molecular formula is C18H26N2O4. The molecule has 0 aliphatic heterocycles. The molecule has 0 aliphatic rings. The van der Waals surface area contributed by atoms with Gasteiger partial charge in [0.25, 0.3) is 5.91 Å². The Kier molecular flexibility index (Phi) is 7.42. The van der Waals surface area contributed by atoms with Crippen LogP contribution in [0.15, 0.2) is 30.3 Å². The molecule has 6 heteroatoms. The van der Waals surface area contributed by atoms with Crippen molar-refractivity contribution in [3.05, 3.63) is 35.9 Å². The lowest BCUT2D eigenvalue weighted by atomic mass is 10.00. The van der Waals surface area contributed by atoms with E-state index in [0.29, 0.717) is 12.0 Å². The molecule has 1 rings (SSSR count). The highest BCUT2D eigenvalue weighted by Crippen LogP contribution is 2.09. The lowest BCUT2D eigenvalue weighted by molar-refractivity contribution is -0.143. The van der Waals surface area contributed by atoms with E-state index in [4.69, 9.17) is 0 Å². The molecule has 0 saturated heterocycles. The molecule has 132 valence electrons. The van der Waals surface area contributed by atoms with Gasteiger partial charge in [-0.1, -0.05) is 45.9 Å². The standard InChI is InChI=1S/C18H26N2O4/c1-11(2)10-14(17(22)20-15(12(3)4)18(23)24)19-16(21)13-8-6-5-7-9-13/h5-9,11-12,14-15H,10H2,1-4H3,(H,19,21)(H,20,22)(H,23,24). The lowest BCUT2D eigenvalue weighted by Crippen LogP contribution is -2.53. The van der Waals surface area contributed by atoms with Crippen molar-refractivity contribution in [2.75, 3.05) is 0 Å². The molecule has 1 aromatic rings. The average Bonchev–Trinajstić information content (AvgIpc) is 2.51. The van der Waals surface area contributed by atoms with Gasteiger partial charge in [0.05, 0.1) is 0 Å². The van der Waals surface area contributed by atoms with Gasteiger partial charge in [-0.05, 0) is 30.4 Å². The molecule has 2 amide bonds. The van der Waals surface area contributed by atoms with Gasteiger partial charge in [0, 0.05) is 5.56 Å². The number of benzene rings is 1. The van der Waals surface area contributed by atoms with Crippen molar-refractivity contribution >= 4 is 17.8 Å². The molecule has 2 unspecified atom stereocenters. The van der Waals surface area contributed by atoms with Crippen LogP contribution in [-0.2, 0) is 9.59 Å². The van der Waals surface area contributed by atoms with Crippen molar-refractivity contribution in [1.82, 2.24) is 10.6 Å². The van der Waals surface area contributed by atoms with Crippen molar-refractivity contribution in [3.8, 4) is 0 Å². The first kappa shape index (κ1) is 19.7. The summed E-state index contributed by atoms with van der Waals surface area (Å²) >= 11 is 0. The maximum Gasteiger partial charge on any atom is 0.326 e. The predicted molar refractivity (Wildman–Crippen MR) is 91.6 cm³/mol. The molecule has 1 aromatic carbocycles. The summed E-state index contributed by atoms with van der Waals surface area (Å²) in [5.41, 5.74) is 0.456. The van der Waals surface area contributed by atoms with E-state index in [1.165, 1.54) is 0 Å². The number of carboxylic acid groups (broad SMARTS) is 1. The van der Waals surface area contributed by atoms with Gasteiger partial charge in [-0.25, -0.2) is 4.79 Å². The molecule has 0 saturated carbocycles. The Balaban J connectivity index is 2.86. The van der Waals surface area contributed by atoms with Gasteiger partial charge in [0.15, 0.2) is 0 Å². The molecule has 0 spiro atoms. The highest BCUT2D eigenvalue weighted by Gasteiger charge is 2.29. The van der Waals surface area contributed by atoms with Crippen LogP contribution < -0.4 is 10.6 Å². The fraction of sp³-hybridized carbons (Fsp3) is 0.500. The molecule has 3 N–H and O–H groups in total. The fourth-order valence-corrected chi connectivity index (χ4v) is 2.30. The third kappa shape index (κ3) is 6.02. The minimum absolute atomic E-state index is 0.166. The first-order valence-electron chi connectivity index (χ1n) is 8.11. The second kappa shape index (κ2) is 9.05. The van der Waals surface area contributed by atoms with E-state index >= 15 is 0 Å². The normalized spacial score (nSPS) is 13.4. The number of carbonyl (C=O) groups excluding carboxylic acids is 2. The zero-order valence-corrected chi connectivity index (χ0v) is 14.6. The Morgan fingerprint density at radius 2 is 1.58 bits per heavy atom.